The van der Waals surface area contributed by atoms with Crippen LogP contribution in [-0.4, -0.2) is 61.7 Å². The summed E-state index contributed by atoms with van der Waals surface area (Å²) in [5, 5.41) is 6.48. The molecule has 0 bridgehead atoms. The molecule has 0 aromatic carbocycles. The lowest BCUT2D eigenvalue weighted by Gasteiger charge is -2.21. The van der Waals surface area contributed by atoms with Gasteiger partial charge in [0, 0.05) is 39.2 Å². The van der Waals surface area contributed by atoms with Gasteiger partial charge >= 0.3 is 0 Å². The van der Waals surface area contributed by atoms with E-state index in [1.54, 1.807) is 0 Å². The molecule has 2 aliphatic heterocycles. The van der Waals surface area contributed by atoms with Gasteiger partial charge in [0.25, 0.3) is 0 Å². The quantitative estimate of drug-likeness (QED) is 0.377. The number of amides is 1. The highest BCUT2D eigenvalue weighted by Crippen LogP contribution is 2.24. The Labute approximate surface area is 156 Å². The monoisotopic (exact) mass is 438 g/mol. The van der Waals surface area contributed by atoms with E-state index in [0.29, 0.717) is 19.5 Å². The number of nitrogens with zero attached hydrogens (tertiary/aromatic N) is 2. The van der Waals surface area contributed by atoms with Crippen LogP contribution < -0.4 is 10.6 Å². The van der Waals surface area contributed by atoms with Gasteiger partial charge in [-0.05, 0) is 39.5 Å². The third-order valence-corrected chi connectivity index (χ3v) is 4.31. The van der Waals surface area contributed by atoms with Crippen molar-refractivity contribution in [3.63, 3.8) is 0 Å². The van der Waals surface area contributed by atoms with Crippen molar-refractivity contribution in [3.8, 4) is 0 Å². The van der Waals surface area contributed by atoms with Crippen LogP contribution in [0.15, 0.2) is 4.99 Å². The molecule has 1 atom stereocenters. The average molecular weight is 438 g/mol. The molecule has 0 aromatic rings. The van der Waals surface area contributed by atoms with Gasteiger partial charge in [-0.3, -0.25) is 9.79 Å². The summed E-state index contributed by atoms with van der Waals surface area (Å²) in [6, 6.07) is 0. The smallest absolute Gasteiger partial charge is 0.224 e. The van der Waals surface area contributed by atoms with Crippen LogP contribution >= 0.6 is 24.0 Å². The molecule has 2 rings (SSSR count). The van der Waals surface area contributed by atoms with E-state index in [-0.39, 0.29) is 35.5 Å². The minimum atomic E-state index is -0.131. The number of likely N-dealkylation sites (tertiary alicyclic amines) is 1. The average Bonchev–Trinajstić information content (AvgIpc) is 3.16. The van der Waals surface area contributed by atoms with Gasteiger partial charge in [-0.2, -0.15) is 0 Å². The maximum Gasteiger partial charge on any atom is 0.224 e. The van der Waals surface area contributed by atoms with Crippen molar-refractivity contribution in [1.29, 1.82) is 0 Å². The minimum absolute atomic E-state index is 0. The molecular weight excluding hydrogens is 407 g/mol. The number of halogens is 1. The first-order chi connectivity index (χ1) is 10.6. The predicted octanol–water partition coefficient (Wildman–Crippen LogP) is 1.74. The molecule has 134 valence electrons. The van der Waals surface area contributed by atoms with Crippen molar-refractivity contribution in [2.45, 2.75) is 51.6 Å². The summed E-state index contributed by atoms with van der Waals surface area (Å²) in [6.45, 7) is 8.92. The van der Waals surface area contributed by atoms with Gasteiger partial charge in [0.1, 0.15) is 0 Å². The fourth-order valence-electron chi connectivity index (χ4n) is 2.96. The number of carbonyl (C=O) groups is 1. The van der Waals surface area contributed by atoms with Gasteiger partial charge in [-0.1, -0.05) is 0 Å². The minimum Gasteiger partial charge on any atom is -0.373 e. The van der Waals surface area contributed by atoms with E-state index in [1.165, 1.54) is 0 Å². The van der Waals surface area contributed by atoms with Crippen LogP contribution in [0.2, 0.25) is 0 Å². The summed E-state index contributed by atoms with van der Waals surface area (Å²) in [5.41, 5.74) is -0.131. The third-order valence-electron chi connectivity index (χ3n) is 4.31. The van der Waals surface area contributed by atoms with E-state index in [1.807, 2.05) is 11.8 Å². The Morgan fingerprint density at radius 1 is 1.26 bits per heavy atom. The molecule has 6 nitrogen and oxygen atoms in total. The van der Waals surface area contributed by atoms with Gasteiger partial charge in [0.2, 0.25) is 5.91 Å². The largest absolute Gasteiger partial charge is 0.373 e. The molecule has 0 spiro atoms. The molecule has 2 N–H and O–H groups in total. The number of hydrogen-bond donors (Lipinski definition) is 2. The summed E-state index contributed by atoms with van der Waals surface area (Å²) >= 11 is 0. The predicted molar refractivity (Wildman–Crippen MR) is 103 cm³/mol. The number of aliphatic imine (C=N–C) groups is 1. The first-order valence-corrected chi connectivity index (χ1v) is 8.57. The molecule has 1 amide bonds. The molecule has 2 heterocycles. The van der Waals surface area contributed by atoms with Crippen molar-refractivity contribution in [2.24, 2.45) is 4.99 Å². The second-order valence-corrected chi connectivity index (χ2v) is 6.36. The first kappa shape index (κ1) is 20.5. The van der Waals surface area contributed by atoms with Gasteiger partial charge < -0.3 is 20.3 Å². The van der Waals surface area contributed by atoms with Crippen LogP contribution in [0, 0.1) is 0 Å². The molecule has 0 aromatic heterocycles. The lowest BCUT2D eigenvalue weighted by atomic mass is 10.0. The third kappa shape index (κ3) is 6.82. The van der Waals surface area contributed by atoms with Crippen molar-refractivity contribution in [1.82, 2.24) is 15.5 Å². The number of guanidine groups is 1. The van der Waals surface area contributed by atoms with Gasteiger partial charge in [0.15, 0.2) is 5.96 Å². The van der Waals surface area contributed by atoms with Gasteiger partial charge in [0.05, 0.1) is 12.1 Å². The summed E-state index contributed by atoms with van der Waals surface area (Å²) < 4.78 is 5.76. The van der Waals surface area contributed by atoms with Crippen LogP contribution in [-0.2, 0) is 9.53 Å². The maximum atomic E-state index is 12.0. The van der Waals surface area contributed by atoms with Gasteiger partial charge in [-0.15, -0.1) is 24.0 Å². The molecule has 2 aliphatic rings. The summed E-state index contributed by atoms with van der Waals surface area (Å²) in [5.74, 6) is 1.01. The lowest BCUT2D eigenvalue weighted by molar-refractivity contribution is -0.129. The molecule has 2 fully saturated rings. The van der Waals surface area contributed by atoms with Crippen LogP contribution in [0.25, 0.3) is 0 Å². The van der Waals surface area contributed by atoms with E-state index in [4.69, 9.17) is 4.74 Å². The number of ether oxygens (including phenoxy) is 1. The van der Waals surface area contributed by atoms with E-state index in [9.17, 15) is 4.79 Å². The fourth-order valence-corrected chi connectivity index (χ4v) is 2.96. The zero-order valence-electron chi connectivity index (χ0n) is 14.4. The number of nitrogens with one attached hydrogen (secondary N) is 2. The van der Waals surface area contributed by atoms with Crippen LogP contribution in [0.3, 0.4) is 0 Å². The first-order valence-electron chi connectivity index (χ1n) is 8.57. The number of rotatable bonds is 6. The Balaban J connectivity index is 0.00000264. The van der Waals surface area contributed by atoms with Crippen LogP contribution in [0.5, 0.6) is 0 Å². The summed E-state index contributed by atoms with van der Waals surface area (Å²) in [7, 11) is 0. The molecule has 0 saturated carbocycles. The highest BCUT2D eigenvalue weighted by molar-refractivity contribution is 14.0. The standard InChI is InChI=1S/C16H30N4O2.HI/c1-3-17-15(19-13-16(2)8-6-12-22-16)18-9-7-14(21)20-10-4-5-11-20;/h3-13H2,1-2H3,(H2,17,18,19);1H. The van der Waals surface area contributed by atoms with Crippen molar-refractivity contribution in [2.75, 3.05) is 39.3 Å². The van der Waals surface area contributed by atoms with E-state index in [0.717, 1.165) is 57.9 Å². The van der Waals surface area contributed by atoms with Crippen LogP contribution in [0.1, 0.15) is 46.0 Å². The Kier molecular flexibility index (Phi) is 9.19. The normalized spacial score (nSPS) is 24.4. The van der Waals surface area contributed by atoms with E-state index < -0.39 is 0 Å². The molecule has 1 unspecified atom stereocenters. The maximum absolute atomic E-state index is 12.0. The Bertz CT molecular complexity index is 392. The molecular formula is C16H31IN4O2. The number of hydrogen-bond acceptors (Lipinski definition) is 3. The SMILES string of the molecule is CCNC(=NCC1(C)CCCO1)NCCC(=O)N1CCCC1.I. The number of carbonyl (C=O) groups excluding carboxylic acids is 1. The molecule has 0 aliphatic carbocycles. The summed E-state index contributed by atoms with van der Waals surface area (Å²) in [6.07, 6.45) is 4.98. The zero-order valence-corrected chi connectivity index (χ0v) is 16.7. The van der Waals surface area contributed by atoms with Gasteiger partial charge in [-0.25, -0.2) is 0 Å². The Hall–Kier alpha value is -0.570. The second kappa shape index (κ2) is 10.3. The van der Waals surface area contributed by atoms with Crippen LogP contribution in [0.4, 0.5) is 0 Å². The molecule has 0 radical (unpaired) electrons. The second-order valence-electron chi connectivity index (χ2n) is 6.36. The molecule has 7 heteroatoms. The Morgan fingerprint density at radius 2 is 2.00 bits per heavy atom. The zero-order chi connectivity index (χ0) is 15.8. The topological polar surface area (TPSA) is 66.0 Å². The van der Waals surface area contributed by atoms with E-state index >= 15 is 0 Å². The van der Waals surface area contributed by atoms with E-state index in [2.05, 4.69) is 22.5 Å². The molecule has 23 heavy (non-hydrogen) atoms. The Morgan fingerprint density at radius 3 is 2.61 bits per heavy atom. The van der Waals surface area contributed by atoms with Crippen molar-refractivity contribution < 1.29 is 9.53 Å². The lowest BCUT2D eigenvalue weighted by Crippen LogP contribution is -2.41. The molecule has 2 saturated heterocycles. The van der Waals surface area contributed by atoms with Crippen molar-refractivity contribution >= 4 is 35.8 Å². The highest BCUT2D eigenvalue weighted by Gasteiger charge is 2.29. The summed E-state index contributed by atoms with van der Waals surface area (Å²) in [4.78, 5) is 18.6. The van der Waals surface area contributed by atoms with Crippen molar-refractivity contribution in [3.05, 3.63) is 0 Å². The highest BCUT2D eigenvalue weighted by atomic mass is 127. The fraction of sp³-hybridized carbons (Fsp3) is 0.875.